The Morgan fingerprint density at radius 3 is 2.75 bits per heavy atom. The maximum atomic E-state index is 12.2. The molecule has 94 valence electrons. The van der Waals surface area contributed by atoms with Gasteiger partial charge in [0.2, 0.25) is 5.91 Å². The van der Waals surface area contributed by atoms with E-state index in [9.17, 15) is 9.90 Å². The van der Waals surface area contributed by atoms with E-state index >= 15 is 0 Å². The fourth-order valence-corrected chi connectivity index (χ4v) is 2.42. The molecule has 4 heteroatoms. The Bertz CT molecular complexity index is 231. The second kappa shape index (κ2) is 6.21. The van der Waals surface area contributed by atoms with Crippen LogP contribution in [0.4, 0.5) is 0 Å². The average Bonchev–Trinajstić information content (AvgIpc) is 2.72. The van der Waals surface area contributed by atoms with E-state index in [1.807, 2.05) is 4.90 Å². The quantitative estimate of drug-likeness (QED) is 0.724. The summed E-state index contributed by atoms with van der Waals surface area (Å²) in [6.45, 7) is 5.46. The third kappa shape index (κ3) is 3.19. The van der Waals surface area contributed by atoms with Crippen molar-refractivity contribution in [1.29, 1.82) is 0 Å². The zero-order chi connectivity index (χ0) is 12.1. The second-order valence-electron chi connectivity index (χ2n) is 5.07. The van der Waals surface area contributed by atoms with Gasteiger partial charge < -0.3 is 15.7 Å². The molecule has 0 spiro atoms. The van der Waals surface area contributed by atoms with Crippen LogP contribution < -0.4 is 5.73 Å². The van der Waals surface area contributed by atoms with Crippen LogP contribution in [0.1, 0.15) is 33.1 Å². The Hall–Kier alpha value is -0.610. The Morgan fingerprint density at radius 1 is 1.56 bits per heavy atom. The predicted octanol–water partition coefficient (Wildman–Crippen LogP) is 0.591. The average molecular weight is 228 g/mol. The Balaban J connectivity index is 2.59. The third-order valence-corrected chi connectivity index (χ3v) is 3.26. The summed E-state index contributed by atoms with van der Waals surface area (Å²) in [6, 6.07) is 0.0220. The molecule has 3 N–H and O–H groups in total. The summed E-state index contributed by atoms with van der Waals surface area (Å²) in [6.07, 6.45) is 2.75. The van der Waals surface area contributed by atoms with Crippen LogP contribution in [0.3, 0.4) is 0 Å². The molecule has 0 saturated carbocycles. The molecule has 0 aliphatic carbocycles. The molecule has 16 heavy (non-hydrogen) atoms. The van der Waals surface area contributed by atoms with Gasteiger partial charge in [0.25, 0.3) is 0 Å². The lowest BCUT2D eigenvalue weighted by Gasteiger charge is -2.28. The first-order valence-electron chi connectivity index (χ1n) is 6.21. The molecule has 1 aliphatic heterocycles. The highest BCUT2D eigenvalue weighted by molar-refractivity contribution is 5.79. The van der Waals surface area contributed by atoms with E-state index < -0.39 is 0 Å². The van der Waals surface area contributed by atoms with E-state index in [1.54, 1.807) is 0 Å². The molecule has 1 saturated heterocycles. The van der Waals surface area contributed by atoms with E-state index in [0.717, 1.165) is 25.8 Å². The van der Waals surface area contributed by atoms with E-state index in [2.05, 4.69) is 13.8 Å². The molecule has 1 unspecified atom stereocenters. The minimum atomic E-state index is -0.0767. The lowest BCUT2D eigenvalue weighted by atomic mass is 9.95. The molecule has 1 heterocycles. The fraction of sp³-hybridized carbons (Fsp3) is 0.917. The zero-order valence-corrected chi connectivity index (χ0v) is 10.4. The molecule has 0 radical (unpaired) electrons. The SMILES string of the molecule is CC(C)CC(CN)C(=O)N1CCC[C@@H]1CO. The predicted molar refractivity (Wildman–Crippen MR) is 63.8 cm³/mol. The zero-order valence-electron chi connectivity index (χ0n) is 10.4. The Kier molecular flexibility index (Phi) is 5.22. The molecule has 1 rings (SSSR count). The first kappa shape index (κ1) is 13.5. The van der Waals surface area contributed by atoms with Crippen molar-refractivity contribution in [3.8, 4) is 0 Å². The van der Waals surface area contributed by atoms with Gasteiger partial charge in [-0.25, -0.2) is 0 Å². The van der Waals surface area contributed by atoms with Gasteiger partial charge in [0.15, 0.2) is 0 Å². The normalized spacial score (nSPS) is 22.8. The maximum Gasteiger partial charge on any atom is 0.227 e. The first-order valence-corrected chi connectivity index (χ1v) is 6.21. The van der Waals surface area contributed by atoms with Gasteiger partial charge in [-0.1, -0.05) is 13.8 Å². The lowest BCUT2D eigenvalue weighted by molar-refractivity contribution is -0.137. The van der Waals surface area contributed by atoms with E-state index in [0.29, 0.717) is 12.5 Å². The van der Waals surface area contributed by atoms with Crippen molar-refractivity contribution in [2.75, 3.05) is 19.7 Å². The smallest absolute Gasteiger partial charge is 0.227 e. The van der Waals surface area contributed by atoms with Crippen molar-refractivity contribution in [2.45, 2.75) is 39.2 Å². The summed E-state index contributed by atoms with van der Waals surface area (Å²) in [4.78, 5) is 14.0. The number of likely N-dealkylation sites (tertiary alicyclic amines) is 1. The van der Waals surface area contributed by atoms with Gasteiger partial charge in [-0.05, 0) is 25.2 Å². The summed E-state index contributed by atoms with van der Waals surface area (Å²) in [5.41, 5.74) is 5.67. The molecule has 1 amide bonds. The molecule has 0 aromatic heterocycles. The molecule has 4 nitrogen and oxygen atoms in total. The summed E-state index contributed by atoms with van der Waals surface area (Å²) >= 11 is 0. The van der Waals surface area contributed by atoms with Crippen molar-refractivity contribution in [3.63, 3.8) is 0 Å². The van der Waals surface area contributed by atoms with E-state index in [-0.39, 0.29) is 24.5 Å². The fourth-order valence-electron chi connectivity index (χ4n) is 2.42. The summed E-state index contributed by atoms with van der Waals surface area (Å²) in [7, 11) is 0. The Morgan fingerprint density at radius 2 is 2.25 bits per heavy atom. The minimum absolute atomic E-state index is 0.0220. The number of aliphatic hydroxyl groups is 1. The van der Waals surface area contributed by atoms with Gasteiger partial charge >= 0.3 is 0 Å². The summed E-state index contributed by atoms with van der Waals surface area (Å²) in [5, 5.41) is 9.20. The number of nitrogens with two attached hydrogens (primary N) is 1. The maximum absolute atomic E-state index is 12.2. The number of hydrogen-bond acceptors (Lipinski definition) is 3. The number of rotatable bonds is 5. The second-order valence-corrected chi connectivity index (χ2v) is 5.07. The van der Waals surface area contributed by atoms with Gasteiger partial charge in [-0.3, -0.25) is 4.79 Å². The molecule has 0 bridgehead atoms. The standard InChI is InChI=1S/C12H24N2O2/c1-9(2)6-10(7-13)12(16)14-5-3-4-11(14)8-15/h9-11,15H,3-8,13H2,1-2H3/t10?,11-/m1/s1. The van der Waals surface area contributed by atoms with Crippen LogP contribution in [0.2, 0.25) is 0 Å². The van der Waals surface area contributed by atoms with Gasteiger partial charge in [-0.15, -0.1) is 0 Å². The van der Waals surface area contributed by atoms with Crippen molar-refractivity contribution < 1.29 is 9.90 Å². The van der Waals surface area contributed by atoms with Crippen LogP contribution in [0.25, 0.3) is 0 Å². The van der Waals surface area contributed by atoms with Gasteiger partial charge in [-0.2, -0.15) is 0 Å². The van der Waals surface area contributed by atoms with Gasteiger partial charge in [0.1, 0.15) is 0 Å². The number of carbonyl (C=O) groups excluding carboxylic acids is 1. The number of aliphatic hydroxyl groups excluding tert-OH is 1. The Labute approximate surface area is 97.8 Å². The van der Waals surface area contributed by atoms with Gasteiger partial charge in [0.05, 0.1) is 18.6 Å². The van der Waals surface area contributed by atoms with E-state index in [4.69, 9.17) is 5.73 Å². The number of amides is 1. The van der Waals surface area contributed by atoms with Crippen LogP contribution in [-0.4, -0.2) is 41.7 Å². The largest absolute Gasteiger partial charge is 0.394 e. The monoisotopic (exact) mass is 228 g/mol. The molecular weight excluding hydrogens is 204 g/mol. The van der Waals surface area contributed by atoms with Crippen LogP contribution in [0.15, 0.2) is 0 Å². The van der Waals surface area contributed by atoms with Crippen molar-refractivity contribution in [2.24, 2.45) is 17.6 Å². The highest BCUT2D eigenvalue weighted by Crippen LogP contribution is 2.22. The highest BCUT2D eigenvalue weighted by Gasteiger charge is 2.32. The van der Waals surface area contributed by atoms with Crippen molar-refractivity contribution in [1.82, 2.24) is 4.90 Å². The van der Waals surface area contributed by atoms with Gasteiger partial charge in [0, 0.05) is 13.1 Å². The lowest BCUT2D eigenvalue weighted by Crippen LogP contribution is -2.43. The third-order valence-electron chi connectivity index (χ3n) is 3.26. The van der Waals surface area contributed by atoms with Crippen LogP contribution in [0, 0.1) is 11.8 Å². The van der Waals surface area contributed by atoms with Crippen LogP contribution in [0.5, 0.6) is 0 Å². The topological polar surface area (TPSA) is 66.6 Å². The molecule has 2 atom stereocenters. The van der Waals surface area contributed by atoms with Crippen LogP contribution in [-0.2, 0) is 4.79 Å². The van der Waals surface area contributed by atoms with Crippen molar-refractivity contribution in [3.05, 3.63) is 0 Å². The number of nitrogens with zero attached hydrogens (tertiary/aromatic N) is 1. The summed E-state index contributed by atoms with van der Waals surface area (Å²) < 4.78 is 0. The van der Waals surface area contributed by atoms with Crippen LogP contribution >= 0.6 is 0 Å². The summed E-state index contributed by atoms with van der Waals surface area (Å²) in [5.74, 6) is 0.535. The number of hydrogen-bond donors (Lipinski definition) is 2. The molecule has 1 aliphatic rings. The van der Waals surface area contributed by atoms with E-state index in [1.165, 1.54) is 0 Å². The molecule has 1 fully saturated rings. The minimum Gasteiger partial charge on any atom is -0.394 e. The first-order chi connectivity index (χ1) is 7.60. The molecule has 0 aromatic rings. The number of carbonyl (C=O) groups is 1. The molecular formula is C12H24N2O2. The van der Waals surface area contributed by atoms with Crippen molar-refractivity contribution >= 4 is 5.91 Å². The molecule has 0 aromatic carbocycles. The highest BCUT2D eigenvalue weighted by atomic mass is 16.3.